The highest BCUT2D eigenvalue weighted by Gasteiger charge is 2.27. The van der Waals surface area contributed by atoms with Gasteiger partial charge in [0.15, 0.2) is 5.78 Å². The van der Waals surface area contributed by atoms with E-state index in [0.29, 0.717) is 36.3 Å². The number of amides is 1. The molecule has 174 valence electrons. The van der Waals surface area contributed by atoms with Crippen LogP contribution < -0.4 is 10.1 Å². The highest BCUT2D eigenvalue weighted by atomic mass is 16.5. The fourth-order valence-electron chi connectivity index (χ4n) is 4.60. The summed E-state index contributed by atoms with van der Waals surface area (Å²) < 4.78 is 11.2. The summed E-state index contributed by atoms with van der Waals surface area (Å²) in [5, 5.41) is 2.95. The summed E-state index contributed by atoms with van der Waals surface area (Å²) in [4.78, 5) is 27.9. The summed E-state index contributed by atoms with van der Waals surface area (Å²) in [5.74, 6) is 0.564. The molecule has 2 aliphatic rings. The Hall–Kier alpha value is -3.48. The van der Waals surface area contributed by atoms with Crippen LogP contribution >= 0.6 is 0 Å². The molecule has 1 aliphatic carbocycles. The smallest absolute Gasteiger partial charge is 0.255 e. The molecule has 34 heavy (non-hydrogen) atoms. The SMILES string of the molecule is O=C(Nc1ccc(-c2ccccc2)c2c1C(=O)CC2)c1ccc(OCCN2CCOCC2)cc1. The molecule has 1 N–H and O–H groups in total. The molecule has 1 amide bonds. The number of carbonyl (C=O) groups is 2. The molecule has 6 heteroatoms. The normalized spacial score (nSPS) is 15.7. The van der Waals surface area contributed by atoms with Crippen LogP contribution in [0.15, 0.2) is 66.7 Å². The number of ketones is 1. The van der Waals surface area contributed by atoms with E-state index in [-0.39, 0.29) is 11.7 Å². The van der Waals surface area contributed by atoms with Crippen molar-refractivity contribution in [3.63, 3.8) is 0 Å². The molecular formula is C28H28N2O4. The van der Waals surface area contributed by atoms with Crippen LogP contribution in [0.3, 0.4) is 0 Å². The molecule has 1 saturated heterocycles. The number of nitrogens with zero attached hydrogens (tertiary/aromatic N) is 1. The lowest BCUT2D eigenvalue weighted by molar-refractivity contribution is 0.0322. The van der Waals surface area contributed by atoms with Gasteiger partial charge in [-0.1, -0.05) is 36.4 Å². The Morgan fingerprint density at radius 3 is 2.47 bits per heavy atom. The largest absolute Gasteiger partial charge is 0.492 e. The number of anilines is 1. The topological polar surface area (TPSA) is 67.9 Å². The third kappa shape index (κ3) is 4.88. The van der Waals surface area contributed by atoms with Gasteiger partial charge >= 0.3 is 0 Å². The average molecular weight is 457 g/mol. The van der Waals surface area contributed by atoms with Crippen molar-refractivity contribution in [1.82, 2.24) is 4.90 Å². The molecule has 1 heterocycles. The van der Waals surface area contributed by atoms with E-state index in [1.165, 1.54) is 0 Å². The number of hydrogen-bond acceptors (Lipinski definition) is 5. The van der Waals surface area contributed by atoms with Crippen LogP contribution in [0.4, 0.5) is 5.69 Å². The fraction of sp³-hybridized carbons (Fsp3) is 0.286. The van der Waals surface area contributed by atoms with E-state index in [1.54, 1.807) is 12.1 Å². The van der Waals surface area contributed by atoms with Gasteiger partial charge < -0.3 is 14.8 Å². The Bertz CT molecular complexity index is 1170. The van der Waals surface area contributed by atoms with Crippen molar-refractivity contribution in [3.8, 4) is 16.9 Å². The third-order valence-corrected chi connectivity index (χ3v) is 6.42. The number of ether oxygens (including phenoxy) is 2. The number of rotatable bonds is 7. The van der Waals surface area contributed by atoms with Gasteiger partial charge in [-0.05, 0) is 53.4 Å². The first-order valence-electron chi connectivity index (χ1n) is 11.8. The summed E-state index contributed by atoms with van der Waals surface area (Å²) >= 11 is 0. The summed E-state index contributed by atoms with van der Waals surface area (Å²) in [5.41, 5.74) is 4.88. The molecule has 0 radical (unpaired) electrons. The van der Waals surface area contributed by atoms with Crippen LogP contribution in [0.5, 0.6) is 5.75 Å². The molecule has 5 rings (SSSR count). The van der Waals surface area contributed by atoms with E-state index in [1.807, 2.05) is 54.6 Å². The Morgan fingerprint density at radius 2 is 1.71 bits per heavy atom. The van der Waals surface area contributed by atoms with Crippen molar-refractivity contribution in [1.29, 1.82) is 0 Å². The van der Waals surface area contributed by atoms with Gasteiger partial charge in [0.1, 0.15) is 12.4 Å². The van der Waals surface area contributed by atoms with Gasteiger partial charge in [-0.2, -0.15) is 0 Å². The second-order valence-corrected chi connectivity index (χ2v) is 8.58. The van der Waals surface area contributed by atoms with Crippen molar-refractivity contribution in [2.24, 2.45) is 0 Å². The second-order valence-electron chi connectivity index (χ2n) is 8.58. The first kappa shape index (κ1) is 22.3. The third-order valence-electron chi connectivity index (χ3n) is 6.42. The van der Waals surface area contributed by atoms with E-state index < -0.39 is 0 Å². The van der Waals surface area contributed by atoms with Crippen LogP contribution in [-0.4, -0.2) is 56.0 Å². The van der Waals surface area contributed by atoms with Crippen LogP contribution in [0.1, 0.15) is 32.7 Å². The number of morpholine rings is 1. The molecule has 3 aromatic carbocycles. The van der Waals surface area contributed by atoms with Gasteiger partial charge in [0.2, 0.25) is 0 Å². The molecule has 0 unspecified atom stereocenters. The molecule has 3 aromatic rings. The molecule has 6 nitrogen and oxygen atoms in total. The van der Waals surface area contributed by atoms with E-state index in [0.717, 1.165) is 55.3 Å². The molecular weight excluding hydrogens is 428 g/mol. The van der Waals surface area contributed by atoms with Crippen LogP contribution in [0.2, 0.25) is 0 Å². The highest BCUT2D eigenvalue weighted by molar-refractivity contribution is 6.12. The maximum absolute atomic E-state index is 12.9. The van der Waals surface area contributed by atoms with E-state index in [2.05, 4.69) is 10.2 Å². The van der Waals surface area contributed by atoms with E-state index in [4.69, 9.17) is 9.47 Å². The molecule has 0 bridgehead atoms. The Kier molecular flexibility index (Phi) is 6.70. The lowest BCUT2D eigenvalue weighted by Crippen LogP contribution is -2.38. The van der Waals surface area contributed by atoms with Gasteiger partial charge in [-0.3, -0.25) is 14.5 Å². The second kappa shape index (κ2) is 10.2. The molecule has 0 saturated carbocycles. The molecule has 0 atom stereocenters. The van der Waals surface area contributed by atoms with Gasteiger partial charge in [0, 0.05) is 37.2 Å². The maximum atomic E-state index is 12.9. The first-order valence-corrected chi connectivity index (χ1v) is 11.8. The van der Waals surface area contributed by atoms with Gasteiger partial charge in [0.05, 0.1) is 18.9 Å². The lowest BCUT2D eigenvalue weighted by atomic mass is 9.95. The van der Waals surface area contributed by atoms with Gasteiger partial charge in [0.25, 0.3) is 5.91 Å². The van der Waals surface area contributed by atoms with Crippen molar-refractivity contribution in [2.75, 3.05) is 44.8 Å². The number of nitrogens with one attached hydrogen (secondary N) is 1. The molecule has 0 aromatic heterocycles. The monoisotopic (exact) mass is 456 g/mol. The molecule has 1 fully saturated rings. The number of carbonyl (C=O) groups excluding carboxylic acids is 2. The van der Waals surface area contributed by atoms with Crippen molar-refractivity contribution in [2.45, 2.75) is 12.8 Å². The summed E-state index contributed by atoms with van der Waals surface area (Å²) in [6.07, 6.45) is 1.16. The molecule has 0 spiro atoms. The minimum atomic E-state index is -0.241. The van der Waals surface area contributed by atoms with E-state index >= 15 is 0 Å². The standard InChI is InChI=1S/C28H28N2O4/c31-26-13-11-24-23(20-4-2-1-3-5-20)10-12-25(27(24)26)29-28(32)21-6-8-22(9-7-21)34-19-16-30-14-17-33-18-15-30/h1-10,12H,11,13-19H2,(H,29,32). The number of Topliss-reactive ketones (excluding diaryl/α,β-unsaturated/α-hetero) is 1. The van der Waals surface area contributed by atoms with Crippen molar-refractivity contribution in [3.05, 3.63) is 83.4 Å². The van der Waals surface area contributed by atoms with Crippen LogP contribution in [-0.2, 0) is 11.2 Å². The van der Waals surface area contributed by atoms with Crippen molar-refractivity contribution >= 4 is 17.4 Å². The summed E-state index contributed by atoms with van der Waals surface area (Å²) in [7, 11) is 0. The fourth-order valence-corrected chi connectivity index (χ4v) is 4.60. The Balaban J connectivity index is 1.25. The number of benzene rings is 3. The van der Waals surface area contributed by atoms with Gasteiger partial charge in [-0.25, -0.2) is 0 Å². The van der Waals surface area contributed by atoms with Crippen LogP contribution in [0, 0.1) is 0 Å². The Morgan fingerprint density at radius 1 is 0.941 bits per heavy atom. The zero-order chi connectivity index (χ0) is 23.3. The lowest BCUT2D eigenvalue weighted by Gasteiger charge is -2.26. The van der Waals surface area contributed by atoms with Gasteiger partial charge in [-0.15, -0.1) is 0 Å². The summed E-state index contributed by atoms with van der Waals surface area (Å²) in [6, 6.07) is 21.0. The Labute approximate surface area is 199 Å². The minimum Gasteiger partial charge on any atom is -0.492 e. The average Bonchev–Trinajstić information content (AvgIpc) is 3.28. The predicted molar refractivity (Wildman–Crippen MR) is 132 cm³/mol. The van der Waals surface area contributed by atoms with Crippen molar-refractivity contribution < 1.29 is 19.1 Å². The predicted octanol–water partition coefficient (Wildman–Crippen LogP) is 4.45. The van der Waals surface area contributed by atoms with Crippen LogP contribution in [0.25, 0.3) is 11.1 Å². The van der Waals surface area contributed by atoms with E-state index in [9.17, 15) is 9.59 Å². The number of hydrogen-bond donors (Lipinski definition) is 1. The minimum absolute atomic E-state index is 0.0760. The first-order chi connectivity index (χ1) is 16.7. The summed E-state index contributed by atoms with van der Waals surface area (Å²) in [6.45, 7) is 4.85. The zero-order valence-electron chi connectivity index (χ0n) is 19.1. The number of fused-ring (bicyclic) bond motifs is 1. The quantitative estimate of drug-likeness (QED) is 0.569. The highest BCUT2D eigenvalue weighted by Crippen LogP contribution is 2.37. The zero-order valence-corrected chi connectivity index (χ0v) is 19.1. The maximum Gasteiger partial charge on any atom is 0.255 e. The molecule has 1 aliphatic heterocycles.